The number of carbonyl (C=O) groups excluding carboxylic acids is 4. The maximum atomic E-state index is 12.6. The van der Waals surface area contributed by atoms with Crippen LogP contribution in [0, 0.1) is 0 Å². The van der Waals surface area contributed by atoms with Crippen LogP contribution >= 0.6 is 0 Å². The van der Waals surface area contributed by atoms with E-state index in [1.165, 1.54) is 0 Å². The molecule has 1 atom stereocenters. The number of amides is 2. The molecule has 2 aromatic rings. The molecule has 0 aliphatic carbocycles. The van der Waals surface area contributed by atoms with Gasteiger partial charge in [-0.25, -0.2) is 4.79 Å². The highest BCUT2D eigenvalue weighted by molar-refractivity contribution is 6.24. The fourth-order valence-corrected chi connectivity index (χ4v) is 2.52. The Balaban J connectivity index is 2.08. The van der Waals surface area contributed by atoms with Gasteiger partial charge in [0.05, 0.1) is 5.56 Å². The molecule has 0 heterocycles. The second-order valence-electron chi connectivity index (χ2n) is 7.44. The first-order valence-electron chi connectivity index (χ1n) is 9.12. The molecule has 0 radical (unpaired) electrons. The molecule has 2 rings (SSSR count). The Kier molecular flexibility index (Phi) is 7.25. The smallest absolute Gasteiger partial charge is 0.338 e. The Labute approximate surface area is 169 Å². The van der Waals surface area contributed by atoms with Crippen LogP contribution in [0.25, 0.3) is 0 Å². The minimum Gasteiger partial charge on any atom is -0.456 e. The van der Waals surface area contributed by atoms with Gasteiger partial charge in [0.15, 0.2) is 0 Å². The molecule has 29 heavy (non-hydrogen) atoms. The zero-order valence-corrected chi connectivity index (χ0v) is 16.6. The van der Waals surface area contributed by atoms with E-state index in [1.807, 2.05) is 30.3 Å². The van der Waals surface area contributed by atoms with Crippen molar-refractivity contribution in [2.24, 2.45) is 0 Å². The zero-order chi connectivity index (χ0) is 21.4. The fourth-order valence-electron chi connectivity index (χ4n) is 2.52. The van der Waals surface area contributed by atoms with Crippen molar-refractivity contribution < 1.29 is 23.9 Å². The fraction of sp³-hybridized carbons (Fsp3) is 0.273. The standard InChI is InChI=1S/C22H24N2O5/c1-22(2,3)29-21(28)16-9-11-17(12-10-16)23-20(27)18(24-19(26)14-25)13-15-7-5-4-6-8-15/h4-12,14,18H,13H2,1-3H3,(H,23,27)(H,24,26). The Hall–Kier alpha value is -3.48. The monoisotopic (exact) mass is 396 g/mol. The van der Waals surface area contributed by atoms with Gasteiger partial charge in [0.1, 0.15) is 11.6 Å². The van der Waals surface area contributed by atoms with Crippen molar-refractivity contribution in [2.45, 2.75) is 38.8 Å². The van der Waals surface area contributed by atoms with Crippen molar-refractivity contribution >= 4 is 29.8 Å². The summed E-state index contributed by atoms with van der Waals surface area (Å²) in [5, 5.41) is 5.08. The van der Waals surface area contributed by atoms with Crippen LogP contribution in [0.15, 0.2) is 54.6 Å². The average molecular weight is 396 g/mol. The van der Waals surface area contributed by atoms with Gasteiger partial charge >= 0.3 is 5.97 Å². The van der Waals surface area contributed by atoms with Gasteiger partial charge in [0.2, 0.25) is 12.2 Å². The maximum absolute atomic E-state index is 12.6. The van der Waals surface area contributed by atoms with E-state index in [1.54, 1.807) is 45.0 Å². The molecule has 0 fully saturated rings. The van der Waals surface area contributed by atoms with Crippen LogP contribution in [0.3, 0.4) is 0 Å². The van der Waals surface area contributed by atoms with Crippen molar-refractivity contribution in [3.05, 3.63) is 65.7 Å². The number of aldehydes is 1. The summed E-state index contributed by atoms with van der Waals surface area (Å²) in [6.45, 7) is 5.33. The minimum atomic E-state index is -0.930. The average Bonchev–Trinajstić information content (AvgIpc) is 2.67. The molecule has 2 aromatic carbocycles. The van der Waals surface area contributed by atoms with E-state index < -0.39 is 29.4 Å². The zero-order valence-electron chi connectivity index (χ0n) is 16.6. The molecule has 0 aromatic heterocycles. The molecular formula is C22H24N2O5. The van der Waals surface area contributed by atoms with Gasteiger partial charge in [-0.1, -0.05) is 30.3 Å². The van der Waals surface area contributed by atoms with Gasteiger partial charge in [0.25, 0.3) is 5.91 Å². The molecule has 1 unspecified atom stereocenters. The van der Waals surface area contributed by atoms with Crippen molar-refractivity contribution in [3.63, 3.8) is 0 Å². The lowest BCUT2D eigenvalue weighted by Gasteiger charge is -2.20. The van der Waals surface area contributed by atoms with Crippen LogP contribution in [0.4, 0.5) is 5.69 Å². The number of hydrogen-bond donors (Lipinski definition) is 2. The summed E-state index contributed by atoms with van der Waals surface area (Å²) in [7, 11) is 0. The summed E-state index contributed by atoms with van der Waals surface area (Å²) in [5.74, 6) is -1.81. The third-order valence-electron chi connectivity index (χ3n) is 3.81. The Morgan fingerprint density at radius 3 is 2.17 bits per heavy atom. The maximum Gasteiger partial charge on any atom is 0.338 e. The summed E-state index contributed by atoms with van der Waals surface area (Å²) >= 11 is 0. The SMILES string of the molecule is CC(C)(C)OC(=O)c1ccc(NC(=O)C(Cc2ccccc2)NC(=O)C=O)cc1. The molecule has 0 saturated carbocycles. The Bertz CT molecular complexity index is 870. The summed E-state index contributed by atoms with van der Waals surface area (Å²) in [5.41, 5.74) is 1.03. The normalized spacial score (nSPS) is 11.8. The number of hydrogen-bond acceptors (Lipinski definition) is 5. The molecule has 0 bridgehead atoms. The number of carbonyl (C=O) groups is 4. The second-order valence-corrected chi connectivity index (χ2v) is 7.44. The van der Waals surface area contributed by atoms with E-state index >= 15 is 0 Å². The van der Waals surface area contributed by atoms with Gasteiger partial charge in [-0.05, 0) is 50.6 Å². The topological polar surface area (TPSA) is 102 Å². The summed E-state index contributed by atoms with van der Waals surface area (Å²) in [6.07, 6.45) is 0.350. The quantitative estimate of drug-likeness (QED) is 0.425. The summed E-state index contributed by atoms with van der Waals surface area (Å²) < 4.78 is 5.30. The largest absolute Gasteiger partial charge is 0.456 e. The first-order chi connectivity index (χ1) is 13.7. The molecule has 0 spiro atoms. The highest BCUT2D eigenvalue weighted by atomic mass is 16.6. The van der Waals surface area contributed by atoms with Gasteiger partial charge in [-0.15, -0.1) is 0 Å². The van der Waals surface area contributed by atoms with Gasteiger partial charge < -0.3 is 15.4 Å². The second kappa shape index (κ2) is 9.64. The number of nitrogens with one attached hydrogen (secondary N) is 2. The van der Waals surface area contributed by atoms with Crippen molar-refractivity contribution in [3.8, 4) is 0 Å². The van der Waals surface area contributed by atoms with Crippen LogP contribution in [0.5, 0.6) is 0 Å². The number of benzene rings is 2. The number of esters is 1. The number of anilines is 1. The number of ether oxygens (including phenoxy) is 1. The molecule has 2 amide bonds. The predicted molar refractivity (Wildman–Crippen MR) is 108 cm³/mol. The number of rotatable bonds is 7. The molecule has 7 heteroatoms. The van der Waals surface area contributed by atoms with Crippen LogP contribution < -0.4 is 10.6 Å². The lowest BCUT2D eigenvalue weighted by Crippen LogP contribution is -2.45. The third kappa shape index (κ3) is 7.21. The van der Waals surface area contributed by atoms with Crippen molar-refractivity contribution in [1.29, 1.82) is 0 Å². The molecule has 152 valence electrons. The first kappa shape index (κ1) is 21.8. The molecule has 0 aliphatic heterocycles. The Morgan fingerprint density at radius 1 is 1.00 bits per heavy atom. The molecule has 7 nitrogen and oxygen atoms in total. The van der Waals surface area contributed by atoms with Crippen LogP contribution in [0.2, 0.25) is 0 Å². The van der Waals surface area contributed by atoms with E-state index in [-0.39, 0.29) is 12.7 Å². The highest BCUT2D eigenvalue weighted by Crippen LogP contribution is 2.15. The third-order valence-corrected chi connectivity index (χ3v) is 3.81. The first-order valence-corrected chi connectivity index (χ1v) is 9.12. The lowest BCUT2D eigenvalue weighted by molar-refractivity contribution is -0.133. The molecule has 0 saturated heterocycles. The lowest BCUT2D eigenvalue weighted by atomic mass is 10.0. The van der Waals surface area contributed by atoms with Gasteiger partial charge in [-0.2, -0.15) is 0 Å². The van der Waals surface area contributed by atoms with Gasteiger partial charge in [0, 0.05) is 12.1 Å². The van der Waals surface area contributed by atoms with Crippen molar-refractivity contribution in [1.82, 2.24) is 5.32 Å². The van der Waals surface area contributed by atoms with E-state index in [0.29, 0.717) is 11.3 Å². The highest BCUT2D eigenvalue weighted by Gasteiger charge is 2.22. The van der Waals surface area contributed by atoms with E-state index in [2.05, 4.69) is 10.6 Å². The molecule has 0 aliphatic rings. The van der Waals surface area contributed by atoms with E-state index in [9.17, 15) is 19.2 Å². The van der Waals surface area contributed by atoms with Crippen LogP contribution in [0.1, 0.15) is 36.7 Å². The van der Waals surface area contributed by atoms with Crippen LogP contribution in [-0.4, -0.2) is 35.7 Å². The summed E-state index contributed by atoms with van der Waals surface area (Å²) in [6, 6.07) is 14.4. The van der Waals surface area contributed by atoms with Gasteiger partial charge in [-0.3, -0.25) is 14.4 Å². The predicted octanol–water partition coefficient (Wildman–Crippen LogP) is 2.51. The van der Waals surface area contributed by atoms with Crippen molar-refractivity contribution in [2.75, 3.05) is 5.32 Å². The summed E-state index contributed by atoms with van der Waals surface area (Å²) in [4.78, 5) is 46.9. The minimum absolute atomic E-state index is 0.126. The van der Waals surface area contributed by atoms with E-state index in [4.69, 9.17) is 4.74 Å². The van der Waals surface area contributed by atoms with Crippen LogP contribution in [-0.2, 0) is 25.5 Å². The van der Waals surface area contributed by atoms with E-state index in [0.717, 1.165) is 5.56 Å². The molecule has 2 N–H and O–H groups in total. The molecular weight excluding hydrogens is 372 g/mol. The Morgan fingerprint density at radius 2 is 1.62 bits per heavy atom.